The average molecular weight is 462 g/mol. The van der Waals surface area contributed by atoms with Gasteiger partial charge in [0.15, 0.2) is 5.13 Å². The lowest BCUT2D eigenvalue weighted by Crippen LogP contribution is -2.15. The molecule has 3 heterocycles. The molecule has 1 aromatic carbocycles. The number of aliphatic hydroxyl groups is 1. The number of aliphatic hydroxyl groups excluding tert-OH is 1. The summed E-state index contributed by atoms with van der Waals surface area (Å²) in [6.07, 6.45) is 1.01. The fraction of sp³-hybridized carbons (Fsp3) is 0.200. The Hall–Kier alpha value is -3.08. The van der Waals surface area contributed by atoms with Crippen LogP contribution in [-0.2, 0) is 6.61 Å². The average Bonchev–Trinajstić information content (AvgIpc) is 3.22. The lowest BCUT2D eigenvalue weighted by atomic mass is 10.2. The first kappa shape index (κ1) is 21.2. The van der Waals surface area contributed by atoms with E-state index in [0.717, 1.165) is 0 Å². The van der Waals surface area contributed by atoms with Crippen LogP contribution >= 0.6 is 22.9 Å². The fourth-order valence-corrected chi connectivity index (χ4v) is 3.66. The van der Waals surface area contributed by atoms with Gasteiger partial charge < -0.3 is 20.1 Å². The van der Waals surface area contributed by atoms with Crippen LogP contribution in [0.2, 0.25) is 5.02 Å². The predicted octanol–water partition coefficient (Wildman–Crippen LogP) is 3.61. The number of anilines is 1. The summed E-state index contributed by atoms with van der Waals surface area (Å²) in [4.78, 5) is 28.6. The first-order valence-corrected chi connectivity index (χ1v) is 10.5. The van der Waals surface area contributed by atoms with Gasteiger partial charge in [-0.2, -0.15) is 0 Å². The zero-order valence-electron chi connectivity index (χ0n) is 16.2. The minimum absolute atomic E-state index is 0.0558. The number of ether oxygens (including phenoxy) is 1. The molecule has 3 aromatic heterocycles. The van der Waals surface area contributed by atoms with Crippen molar-refractivity contribution in [1.82, 2.24) is 19.9 Å². The van der Waals surface area contributed by atoms with E-state index < -0.39 is 11.9 Å². The van der Waals surface area contributed by atoms with Crippen LogP contribution in [-0.4, -0.2) is 37.7 Å². The third-order valence-corrected chi connectivity index (χ3v) is 5.33. The van der Waals surface area contributed by atoms with E-state index in [1.54, 1.807) is 18.4 Å². The molecule has 0 spiro atoms. The molecule has 1 unspecified atom stereocenters. The van der Waals surface area contributed by atoms with Crippen molar-refractivity contribution in [3.05, 3.63) is 62.9 Å². The molecular weight excluding hydrogens is 445 g/mol. The van der Waals surface area contributed by atoms with Gasteiger partial charge in [0.05, 0.1) is 16.5 Å². The SMILES string of the molecule is CC(O)CNc1nc(-c2nccc3c(=O)[nH]c(COc4ccc(F)c(Cl)c4)nc23)cs1. The molecule has 0 amide bonds. The largest absolute Gasteiger partial charge is 0.486 e. The first-order valence-electron chi connectivity index (χ1n) is 9.24. The highest BCUT2D eigenvalue weighted by atomic mass is 35.5. The number of thiazole rings is 1. The van der Waals surface area contributed by atoms with E-state index >= 15 is 0 Å². The topological polar surface area (TPSA) is 113 Å². The number of fused-ring (bicyclic) bond motifs is 1. The standard InChI is InChI=1S/C20H17ClFN5O3S/c1-10(28)7-24-20-25-15(9-31-20)18-17-12(4-5-23-18)19(29)27-16(26-17)8-30-11-2-3-14(22)13(21)6-11/h2-6,9-10,28H,7-8H2,1H3,(H,24,25)(H,26,27,29). The summed E-state index contributed by atoms with van der Waals surface area (Å²) in [5.74, 6) is 0.0660. The Bertz CT molecular complexity index is 1290. The van der Waals surface area contributed by atoms with E-state index in [1.165, 1.54) is 35.7 Å². The maximum absolute atomic E-state index is 13.3. The number of hydrogen-bond donors (Lipinski definition) is 3. The van der Waals surface area contributed by atoms with Gasteiger partial charge in [0.25, 0.3) is 5.56 Å². The molecule has 1 atom stereocenters. The maximum Gasteiger partial charge on any atom is 0.258 e. The number of nitrogens with zero attached hydrogens (tertiary/aromatic N) is 3. The maximum atomic E-state index is 13.3. The smallest absolute Gasteiger partial charge is 0.258 e. The van der Waals surface area contributed by atoms with Gasteiger partial charge in [0.2, 0.25) is 0 Å². The number of nitrogens with one attached hydrogen (secondary N) is 2. The first-order chi connectivity index (χ1) is 14.9. The molecule has 160 valence electrons. The molecule has 0 radical (unpaired) electrons. The molecule has 31 heavy (non-hydrogen) atoms. The Kier molecular flexibility index (Phi) is 6.12. The van der Waals surface area contributed by atoms with Crippen molar-refractivity contribution in [3.63, 3.8) is 0 Å². The summed E-state index contributed by atoms with van der Waals surface area (Å²) in [6, 6.07) is 5.56. The van der Waals surface area contributed by atoms with E-state index in [0.29, 0.717) is 39.7 Å². The minimum Gasteiger partial charge on any atom is -0.486 e. The molecule has 4 rings (SSSR count). The van der Waals surface area contributed by atoms with Crippen molar-refractivity contribution in [2.24, 2.45) is 0 Å². The molecule has 0 aliphatic heterocycles. The van der Waals surface area contributed by atoms with Crippen molar-refractivity contribution in [1.29, 1.82) is 0 Å². The molecular formula is C20H17ClFN5O3S. The molecule has 11 heteroatoms. The monoisotopic (exact) mass is 461 g/mol. The molecule has 8 nitrogen and oxygen atoms in total. The summed E-state index contributed by atoms with van der Waals surface area (Å²) in [6.45, 7) is 1.98. The minimum atomic E-state index is -0.549. The number of aromatic amines is 1. The molecule has 3 N–H and O–H groups in total. The van der Waals surface area contributed by atoms with Crippen LogP contribution in [0.25, 0.3) is 22.3 Å². The van der Waals surface area contributed by atoms with E-state index in [9.17, 15) is 14.3 Å². The number of aromatic nitrogens is 4. The lowest BCUT2D eigenvalue weighted by Gasteiger charge is -2.08. The van der Waals surface area contributed by atoms with Crippen LogP contribution in [0.3, 0.4) is 0 Å². The van der Waals surface area contributed by atoms with Gasteiger partial charge in [-0.25, -0.2) is 14.4 Å². The Morgan fingerprint density at radius 2 is 2.19 bits per heavy atom. The van der Waals surface area contributed by atoms with E-state index in [1.807, 2.05) is 0 Å². The van der Waals surface area contributed by atoms with Gasteiger partial charge in [-0.15, -0.1) is 11.3 Å². The Balaban J connectivity index is 1.64. The number of halogens is 2. The van der Waals surface area contributed by atoms with Crippen molar-refractivity contribution in [2.75, 3.05) is 11.9 Å². The highest BCUT2D eigenvalue weighted by Gasteiger charge is 2.15. The molecule has 0 saturated heterocycles. The van der Waals surface area contributed by atoms with E-state index in [4.69, 9.17) is 16.3 Å². The summed E-state index contributed by atoms with van der Waals surface area (Å²) in [5.41, 5.74) is 1.05. The quantitative estimate of drug-likeness (QED) is 0.385. The van der Waals surface area contributed by atoms with Crippen molar-refractivity contribution in [2.45, 2.75) is 19.6 Å². The third kappa shape index (κ3) is 4.82. The van der Waals surface area contributed by atoms with Crippen LogP contribution in [0.1, 0.15) is 12.7 Å². The summed E-state index contributed by atoms with van der Waals surface area (Å²) in [7, 11) is 0. The summed E-state index contributed by atoms with van der Waals surface area (Å²) >= 11 is 7.13. The number of rotatable bonds is 7. The van der Waals surface area contributed by atoms with Gasteiger partial charge in [-0.3, -0.25) is 9.78 Å². The number of pyridine rings is 1. The highest BCUT2D eigenvalue weighted by Crippen LogP contribution is 2.27. The van der Waals surface area contributed by atoms with Crippen molar-refractivity contribution in [3.8, 4) is 17.1 Å². The summed E-state index contributed by atoms with van der Waals surface area (Å²) in [5, 5.41) is 15.2. The second-order valence-electron chi connectivity index (χ2n) is 6.70. The Morgan fingerprint density at radius 1 is 1.35 bits per heavy atom. The Labute approximate surface area is 184 Å². The molecule has 0 fully saturated rings. The molecule has 0 bridgehead atoms. The van der Waals surface area contributed by atoms with Crippen LogP contribution < -0.4 is 15.6 Å². The highest BCUT2D eigenvalue weighted by molar-refractivity contribution is 7.14. The van der Waals surface area contributed by atoms with E-state index in [2.05, 4.69) is 25.3 Å². The fourth-order valence-electron chi connectivity index (χ4n) is 2.78. The Morgan fingerprint density at radius 3 is 2.97 bits per heavy atom. The molecule has 0 aliphatic carbocycles. The molecule has 4 aromatic rings. The lowest BCUT2D eigenvalue weighted by molar-refractivity contribution is 0.208. The zero-order chi connectivity index (χ0) is 22.0. The second-order valence-corrected chi connectivity index (χ2v) is 7.97. The zero-order valence-corrected chi connectivity index (χ0v) is 17.8. The summed E-state index contributed by atoms with van der Waals surface area (Å²) < 4.78 is 18.9. The number of hydrogen-bond acceptors (Lipinski definition) is 8. The van der Waals surface area contributed by atoms with Crippen LogP contribution in [0.15, 0.2) is 40.6 Å². The number of H-pyrrole nitrogens is 1. The predicted molar refractivity (Wildman–Crippen MR) is 117 cm³/mol. The van der Waals surface area contributed by atoms with Crippen LogP contribution in [0.5, 0.6) is 5.75 Å². The molecule has 0 aliphatic rings. The normalized spacial score (nSPS) is 12.1. The van der Waals surface area contributed by atoms with Gasteiger partial charge in [-0.1, -0.05) is 11.6 Å². The van der Waals surface area contributed by atoms with Gasteiger partial charge in [0.1, 0.15) is 40.9 Å². The van der Waals surface area contributed by atoms with Gasteiger partial charge in [-0.05, 0) is 25.1 Å². The number of benzene rings is 1. The van der Waals surface area contributed by atoms with Crippen molar-refractivity contribution >= 4 is 39.0 Å². The van der Waals surface area contributed by atoms with Crippen LogP contribution in [0.4, 0.5) is 9.52 Å². The van der Waals surface area contributed by atoms with Gasteiger partial charge in [0, 0.05) is 24.2 Å². The third-order valence-electron chi connectivity index (χ3n) is 4.24. The van der Waals surface area contributed by atoms with E-state index in [-0.39, 0.29) is 23.0 Å². The van der Waals surface area contributed by atoms with Gasteiger partial charge >= 0.3 is 0 Å². The van der Waals surface area contributed by atoms with Crippen molar-refractivity contribution < 1.29 is 14.2 Å². The second kappa shape index (κ2) is 8.96. The molecule has 0 saturated carbocycles. The van der Waals surface area contributed by atoms with Crippen LogP contribution in [0, 0.1) is 5.82 Å².